The lowest BCUT2D eigenvalue weighted by Crippen LogP contribution is -2.12. The Balaban J connectivity index is 1.89. The SMILES string of the molecule is Cc1ccc(NS(=O)(=O)c2ccc(-c3nnc(C)o3)s2)c(C)c1. The third-order valence-electron chi connectivity index (χ3n) is 3.21. The van der Waals surface area contributed by atoms with Crippen LogP contribution in [0.25, 0.3) is 10.8 Å². The molecule has 3 rings (SSSR count). The number of benzene rings is 1. The molecule has 8 heteroatoms. The van der Waals surface area contributed by atoms with Crippen molar-refractivity contribution < 1.29 is 12.8 Å². The topological polar surface area (TPSA) is 85.1 Å². The summed E-state index contributed by atoms with van der Waals surface area (Å²) in [6, 6.07) is 8.75. The molecule has 0 bridgehead atoms. The van der Waals surface area contributed by atoms with Gasteiger partial charge in [0.05, 0.1) is 10.6 Å². The molecule has 0 saturated carbocycles. The Kier molecular flexibility index (Phi) is 3.95. The van der Waals surface area contributed by atoms with Gasteiger partial charge in [-0.3, -0.25) is 4.72 Å². The number of aryl methyl sites for hydroxylation is 3. The Labute approximate surface area is 138 Å². The first-order chi connectivity index (χ1) is 10.8. The molecule has 2 heterocycles. The van der Waals surface area contributed by atoms with Gasteiger partial charge in [-0.1, -0.05) is 17.7 Å². The highest BCUT2D eigenvalue weighted by Crippen LogP contribution is 2.31. The van der Waals surface area contributed by atoms with E-state index in [4.69, 9.17) is 4.42 Å². The van der Waals surface area contributed by atoms with Crippen molar-refractivity contribution in [2.75, 3.05) is 4.72 Å². The predicted molar refractivity (Wildman–Crippen MR) is 89.1 cm³/mol. The van der Waals surface area contributed by atoms with E-state index in [1.165, 1.54) is 6.07 Å². The van der Waals surface area contributed by atoms with Gasteiger partial charge < -0.3 is 4.42 Å². The highest BCUT2D eigenvalue weighted by atomic mass is 32.2. The van der Waals surface area contributed by atoms with Crippen molar-refractivity contribution in [1.82, 2.24) is 10.2 Å². The molecular formula is C15H15N3O3S2. The molecular weight excluding hydrogens is 334 g/mol. The maximum absolute atomic E-state index is 12.5. The van der Waals surface area contributed by atoms with Crippen LogP contribution in [-0.4, -0.2) is 18.6 Å². The molecule has 23 heavy (non-hydrogen) atoms. The molecule has 0 saturated heterocycles. The highest BCUT2D eigenvalue weighted by Gasteiger charge is 2.20. The van der Waals surface area contributed by atoms with Crippen molar-refractivity contribution >= 4 is 27.0 Å². The summed E-state index contributed by atoms with van der Waals surface area (Å²) in [6.07, 6.45) is 0. The van der Waals surface area contributed by atoms with E-state index in [9.17, 15) is 8.42 Å². The van der Waals surface area contributed by atoms with E-state index in [1.807, 2.05) is 26.0 Å². The van der Waals surface area contributed by atoms with Gasteiger partial charge in [0.15, 0.2) is 0 Å². The maximum atomic E-state index is 12.5. The van der Waals surface area contributed by atoms with Gasteiger partial charge in [-0.05, 0) is 37.6 Å². The number of nitrogens with one attached hydrogen (secondary N) is 1. The molecule has 0 spiro atoms. The van der Waals surface area contributed by atoms with E-state index in [0.29, 0.717) is 22.3 Å². The number of rotatable bonds is 4. The van der Waals surface area contributed by atoms with E-state index in [0.717, 1.165) is 22.5 Å². The molecule has 0 amide bonds. The number of hydrogen-bond donors (Lipinski definition) is 1. The van der Waals surface area contributed by atoms with Gasteiger partial charge in [0.25, 0.3) is 15.9 Å². The van der Waals surface area contributed by atoms with Gasteiger partial charge in [-0.2, -0.15) is 0 Å². The second-order valence-electron chi connectivity index (χ2n) is 5.17. The van der Waals surface area contributed by atoms with Crippen LogP contribution >= 0.6 is 11.3 Å². The van der Waals surface area contributed by atoms with Crippen molar-refractivity contribution in [3.05, 3.63) is 47.3 Å². The Morgan fingerprint density at radius 1 is 1.09 bits per heavy atom. The van der Waals surface area contributed by atoms with Crippen LogP contribution < -0.4 is 4.72 Å². The first-order valence-electron chi connectivity index (χ1n) is 6.85. The van der Waals surface area contributed by atoms with E-state index < -0.39 is 10.0 Å². The largest absolute Gasteiger partial charge is 0.420 e. The van der Waals surface area contributed by atoms with Crippen molar-refractivity contribution in [1.29, 1.82) is 0 Å². The monoisotopic (exact) mass is 349 g/mol. The highest BCUT2D eigenvalue weighted by molar-refractivity contribution is 7.94. The molecule has 0 aliphatic rings. The summed E-state index contributed by atoms with van der Waals surface area (Å²) in [5.74, 6) is 0.756. The summed E-state index contributed by atoms with van der Waals surface area (Å²) in [4.78, 5) is 0.617. The fourth-order valence-corrected chi connectivity index (χ4v) is 4.46. The summed E-state index contributed by atoms with van der Waals surface area (Å²) in [5.41, 5.74) is 2.52. The number of sulfonamides is 1. The summed E-state index contributed by atoms with van der Waals surface area (Å²) in [5, 5.41) is 7.64. The molecule has 0 fully saturated rings. The lowest BCUT2D eigenvalue weighted by molar-refractivity contribution is 0.534. The average Bonchev–Trinajstić information content (AvgIpc) is 3.10. The Bertz CT molecular complexity index is 958. The minimum atomic E-state index is -3.65. The fourth-order valence-electron chi connectivity index (χ4n) is 2.10. The standard InChI is InChI=1S/C15H15N3O3S2/c1-9-4-5-12(10(2)8-9)18-23(19,20)14-7-6-13(22-14)15-17-16-11(3)21-15/h4-8,18H,1-3H3. The quantitative estimate of drug-likeness (QED) is 0.779. The smallest absolute Gasteiger partial charge is 0.271 e. The summed E-state index contributed by atoms with van der Waals surface area (Å²) < 4.78 is 33.2. The Morgan fingerprint density at radius 2 is 1.87 bits per heavy atom. The van der Waals surface area contributed by atoms with E-state index in [-0.39, 0.29) is 4.21 Å². The molecule has 0 atom stereocenters. The zero-order chi connectivity index (χ0) is 16.6. The molecule has 1 N–H and O–H groups in total. The second kappa shape index (κ2) is 5.78. The third kappa shape index (κ3) is 3.27. The Morgan fingerprint density at radius 3 is 2.52 bits per heavy atom. The van der Waals surface area contributed by atoms with Gasteiger partial charge in [-0.15, -0.1) is 21.5 Å². The van der Waals surface area contributed by atoms with Crippen LogP contribution in [0.15, 0.2) is 39.0 Å². The molecule has 6 nitrogen and oxygen atoms in total. The van der Waals surface area contributed by atoms with Crippen molar-refractivity contribution in [3.8, 4) is 10.8 Å². The van der Waals surface area contributed by atoms with Gasteiger partial charge in [-0.25, -0.2) is 8.42 Å². The van der Waals surface area contributed by atoms with Crippen LogP contribution in [-0.2, 0) is 10.0 Å². The predicted octanol–water partition coefficient (Wildman–Crippen LogP) is 3.52. The van der Waals surface area contributed by atoms with Crippen molar-refractivity contribution in [2.45, 2.75) is 25.0 Å². The summed E-state index contributed by atoms with van der Waals surface area (Å²) >= 11 is 1.09. The first-order valence-corrected chi connectivity index (χ1v) is 9.15. The lowest BCUT2D eigenvalue weighted by Gasteiger charge is -2.09. The maximum Gasteiger partial charge on any atom is 0.271 e. The number of anilines is 1. The summed E-state index contributed by atoms with van der Waals surface area (Å²) in [6.45, 7) is 5.51. The van der Waals surface area contributed by atoms with Crippen LogP contribution in [0.5, 0.6) is 0 Å². The molecule has 0 unspecified atom stereocenters. The first kappa shape index (κ1) is 15.7. The van der Waals surface area contributed by atoms with Crippen molar-refractivity contribution in [2.24, 2.45) is 0 Å². The molecule has 2 aromatic heterocycles. The van der Waals surface area contributed by atoms with Gasteiger partial charge in [0.2, 0.25) is 5.89 Å². The van der Waals surface area contributed by atoms with Crippen molar-refractivity contribution in [3.63, 3.8) is 0 Å². The minimum Gasteiger partial charge on any atom is -0.420 e. The number of thiophene rings is 1. The van der Waals surface area contributed by atoms with Crippen LogP contribution in [0.3, 0.4) is 0 Å². The van der Waals surface area contributed by atoms with Gasteiger partial charge >= 0.3 is 0 Å². The number of aromatic nitrogens is 2. The van der Waals surface area contributed by atoms with Gasteiger partial charge in [0.1, 0.15) is 4.21 Å². The lowest BCUT2D eigenvalue weighted by atomic mass is 10.1. The van der Waals surface area contributed by atoms with Crippen LogP contribution in [0.1, 0.15) is 17.0 Å². The van der Waals surface area contributed by atoms with Gasteiger partial charge in [0, 0.05) is 6.92 Å². The normalized spacial score (nSPS) is 11.6. The average molecular weight is 349 g/mol. The van der Waals surface area contributed by atoms with E-state index >= 15 is 0 Å². The minimum absolute atomic E-state index is 0.198. The molecule has 120 valence electrons. The van der Waals surface area contributed by atoms with Crippen LogP contribution in [0, 0.1) is 20.8 Å². The zero-order valence-electron chi connectivity index (χ0n) is 12.8. The zero-order valence-corrected chi connectivity index (χ0v) is 14.5. The van der Waals surface area contributed by atoms with Crippen LogP contribution in [0.2, 0.25) is 0 Å². The second-order valence-corrected chi connectivity index (χ2v) is 8.16. The molecule has 0 radical (unpaired) electrons. The molecule has 1 aromatic carbocycles. The fraction of sp³-hybridized carbons (Fsp3) is 0.200. The number of nitrogens with zero attached hydrogens (tertiary/aromatic N) is 2. The molecule has 0 aliphatic heterocycles. The van der Waals surface area contributed by atoms with E-state index in [2.05, 4.69) is 14.9 Å². The van der Waals surface area contributed by atoms with Crippen LogP contribution in [0.4, 0.5) is 5.69 Å². The summed E-state index contributed by atoms with van der Waals surface area (Å²) in [7, 11) is -3.65. The third-order valence-corrected chi connectivity index (χ3v) is 6.14. The Hall–Kier alpha value is -2.19. The molecule has 3 aromatic rings. The number of hydrogen-bond acceptors (Lipinski definition) is 6. The molecule has 0 aliphatic carbocycles. The van der Waals surface area contributed by atoms with E-state index in [1.54, 1.807) is 19.1 Å².